The molecule has 2 aliphatic rings. The molecule has 34 heavy (non-hydrogen) atoms. The van der Waals surface area contributed by atoms with E-state index in [1.165, 1.54) is 89.9 Å². The minimum atomic E-state index is -0.954. The Bertz CT molecular complexity index is 554. The Balaban J connectivity index is 0.000000341. The van der Waals surface area contributed by atoms with Crippen LogP contribution in [0.3, 0.4) is 0 Å². The highest BCUT2D eigenvalue weighted by Gasteiger charge is 2.25. The summed E-state index contributed by atoms with van der Waals surface area (Å²) in [5.74, 6) is 1.95. The summed E-state index contributed by atoms with van der Waals surface area (Å²) in [5, 5.41) is 0. The van der Waals surface area contributed by atoms with Crippen molar-refractivity contribution < 1.29 is 14.1 Å². The van der Waals surface area contributed by atoms with Gasteiger partial charge in [0, 0.05) is 17.4 Å². The zero-order chi connectivity index (χ0) is 25.2. The molecule has 0 saturated heterocycles. The van der Waals surface area contributed by atoms with Gasteiger partial charge < -0.3 is 4.74 Å². The molecular formula is C30H56O3P+. The first kappa shape index (κ1) is 31.3. The van der Waals surface area contributed by atoms with Crippen LogP contribution in [-0.4, -0.2) is 24.4 Å². The predicted molar refractivity (Wildman–Crippen MR) is 148 cm³/mol. The maximum absolute atomic E-state index is 12.3. The third kappa shape index (κ3) is 14.0. The average molecular weight is 496 g/mol. The molecule has 2 saturated carbocycles. The second kappa shape index (κ2) is 19.5. The van der Waals surface area contributed by atoms with Crippen molar-refractivity contribution in [1.82, 2.24) is 0 Å². The normalized spacial score (nSPS) is 19.4. The molecule has 2 atom stereocenters. The van der Waals surface area contributed by atoms with Crippen LogP contribution in [0.4, 0.5) is 0 Å². The summed E-state index contributed by atoms with van der Waals surface area (Å²) >= 11 is 0. The van der Waals surface area contributed by atoms with E-state index in [0.29, 0.717) is 17.8 Å². The zero-order valence-electron chi connectivity index (χ0n) is 23.3. The third-order valence-corrected chi connectivity index (χ3v) is 9.64. The molecule has 2 rings (SSSR count). The quantitative estimate of drug-likeness (QED) is 0.129. The van der Waals surface area contributed by atoms with Crippen molar-refractivity contribution in [2.45, 2.75) is 143 Å². The molecule has 0 aromatic heterocycles. The van der Waals surface area contributed by atoms with Gasteiger partial charge >= 0.3 is 13.8 Å². The monoisotopic (exact) mass is 495 g/mol. The Labute approximate surface area is 213 Å². The van der Waals surface area contributed by atoms with Crippen LogP contribution >= 0.6 is 7.80 Å². The maximum Gasteiger partial charge on any atom is 0.339 e. The molecule has 0 bridgehead atoms. The lowest BCUT2D eigenvalue weighted by molar-refractivity contribution is -0.143. The van der Waals surface area contributed by atoms with E-state index in [-0.39, 0.29) is 12.1 Å². The van der Waals surface area contributed by atoms with Gasteiger partial charge in [-0.15, -0.1) is 0 Å². The summed E-state index contributed by atoms with van der Waals surface area (Å²) in [4.78, 5) is 11.8. The molecule has 0 heterocycles. The fraction of sp³-hybridized carbons (Fsp3) is 0.900. The van der Waals surface area contributed by atoms with Crippen LogP contribution in [0.2, 0.25) is 0 Å². The number of ether oxygens (including phenoxy) is 1. The molecule has 0 amide bonds. The molecule has 2 unspecified atom stereocenters. The van der Waals surface area contributed by atoms with Crippen LogP contribution in [0, 0.1) is 17.8 Å². The molecular weight excluding hydrogens is 439 g/mol. The Kier molecular flexibility index (Phi) is 18.0. The lowest BCUT2D eigenvalue weighted by atomic mass is 10.0. The fourth-order valence-electron chi connectivity index (χ4n) is 5.28. The van der Waals surface area contributed by atoms with E-state index in [9.17, 15) is 9.36 Å². The SMILES string of the molecule is CC(=CC1CCCC1)C(=O)OC1CCCC1.CCCCC(CC)C[P+](=O)CC(CC)CCCC. The molecule has 198 valence electrons. The number of unbranched alkanes of at least 4 members (excludes halogenated alkanes) is 2. The zero-order valence-corrected chi connectivity index (χ0v) is 24.2. The van der Waals surface area contributed by atoms with Crippen LogP contribution in [0.25, 0.3) is 0 Å². The molecule has 0 aromatic rings. The molecule has 4 heteroatoms. The van der Waals surface area contributed by atoms with Gasteiger partial charge in [0.1, 0.15) is 18.4 Å². The Morgan fingerprint density at radius 3 is 1.76 bits per heavy atom. The van der Waals surface area contributed by atoms with Gasteiger partial charge in [0.25, 0.3) is 0 Å². The van der Waals surface area contributed by atoms with E-state index < -0.39 is 7.80 Å². The third-order valence-electron chi connectivity index (χ3n) is 7.79. The Morgan fingerprint density at radius 2 is 1.32 bits per heavy atom. The smallest absolute Gasteiger partial charge is 0.339 e. The summed E-state index contributed by atoms with van der Waals surface area (Å²) in [6, 6.07) is 0. The van der Waals surface area contributed by atoms with E-state index >= 15 is 0 Å². The molecule has 0 N–H and O–H groups in total. The number of carbonyl (C=O) groups is 1. The van der Waals surface area contributed by atoms with Crippen molar-refractivity contribution in [1.29, 1.82) is 0 Å². The van der Waals surface area contributed by atoms with E-state index in [1.54, 1.807) is 0 Å². The van der Waals surface area contributed by atoms with Gasteiger partial charge in [0.15, 0.2) is 0 Å². The second-order valence-electron chi connectivity index (χ2n) is 10.9. The molecule has 2 fully saturated rings. The van der Waals surface area contributed by atoms with Crippen molar-refractivity contribution in [3.63, 3.8) is 0 Å². The lowest BCUT2D eigenvalue weighted by Crippen LogP contribution is -2.15. The van der Waals surface area contributed by atoms with Gasteiger partial charge in [-0.05, 0) is 77.0 Å². The number of hydrogen-bond donors (Lipinski definition) is 0. The van der Waals surface area contributed by atoms with Crippen LogP contribution in [0.15, 0.2) is 11.6 Å². The van der Waals surface area contributed by atoms with E-state index in [0.717, 1.165) is 30.7 Å². The van der Waals surface area contributed by atoms with Gasteiger partial charge in [-0.2, -0.15) is 0 Å². The van der Waals surface area contributed by atoms with Crippen molar-refractivity contribution in [2.75, 3.05) is 12.3 Å². The highest BCUT2D eigenvalue weighted by molar-refractivity contribution is 7.44. The first-order valence-electron chi connectivity index (χ1n) is 14.7. The lowest BCUT2D eigenvalue weighted by Gasteiger charge is -2.12. The maximum atomic E-state index is 12.3. The summed E-state index contributed by atoms with van der Waals surface area (Å²) < 4.78 is 17.7. The summed E-state index contributed by atoms with van der Waals surface area (Å²) in [5.41, 5.74) is 0.818. The molecule has 0 radical (unpaired) electrons. The predicted octanol–water partition coefficient (Wildman–Crippen LogP) is 9.86. The Morgan fingerprint density at radius 1 is 0.853 bits per heavy atom. The van der Waals surface area contributed by atoms with Crippen molar-refractivity contribution >= 4 is 13.8 Å². The molecule has 0 aromatic carbocycles. The summed E-state index contributed by atoms with van der Waals surface area (Å²) in [7, 11) is -0.954. The van der Waals surface area contributed by atoms with Crippen LogP contribution in [0.5, 0.6) is 0 Å². The topological polar surface area (TPSA) is 43.4 Å². The Hall–Kier alpha value is -0.690. The number of rotatable bonds is 15. The minimum absolute atomic E-state index is 0.0844. The van der Waals surface area contributed by atoms with Crippen molar-refractivity contribution in [2.24, 2.45) is 17.8 Å². The van der Waals surface area contributed by atoms with Gasteiger partial charge in [-0.3, -0.25) is 0 Å². The first-order chi connectivity index (χ1) is 16.4. The molecule has 2 aliphatic carbocycles. The van der Waals surface area contributed by atoms with E-state index in [4.69, 9.17) is 4.74 Å². The summed E-state index contributed by atoms with van der Waals surface area (Å²) in [6.45, 7) is 10.9. The van der Waals surface area contributed by atoms with Gasteiger partial charge in [-0.25, -0.2) is 4.79 Å². The highest BCUT2D eigenvalue weighted by atomic mass is 31.1. The second-order valence-corrected chi connectivity index (χ2v) is 12.6. The van der Waals surface area contributed by atoms with Gasteiger partial charge in [0.2, 0.25) is 0 Å². The average Bonchev–Trinajstić information content (AvgIpc) is 3.54. The molecule has 0 spiro atoms. The van der Waals surface area contributed by atoms with Crippen molar-refractivity contribution in [3.8, 4) is 0 Å². The largest absolute Gasteiger partial charge is 0.459 e. The van der Waals surface area contributed by atoms with Crippen LogP contribution < -0.4 is 0 Å². The summed E-state index contributed by atoms with van der Waals surface area (Å²) in [6.07, 6.45) is 24.0. The number of hydrogen-bond acceptors (Lipinski definition) is 3. The highest BCUT2D eigenvalue weighted by Crippen LogP contribution is 2.33. The van der Waals surface area contributed by atoms with Gasteiger partial charge in [-0.1, -0.05) is 76.9 Å². The standard InChI is InChI=1S/C16H34OP.C14H22O2/c1-5-9-11-15(7-3)13-18(17)14-16(8-4)12-10-6-2;1-11(10-12-6-2-3-7-12)14(15)16-13-8-4-5-9-13/h15-16H,5-14H2,1-4H3;10,12-13H,2-9H2,1H3/q+1;. The van der Waals surface area contributed by atoms with Crippen molar-refractivity contribution in [3.05, 3.63) is 11.6 Å². The molecule has 3 nitrogen and oxygen atoms in total. The number of esters is 1. The van der Waals surface area contributed by atoms with Crippen LogP contribution in [0.1, 0.15) is 137 Å². The number of allylic oxidation sites excluding steroid dienone is 1. The minimum Gasteiger partial charge on any atom is -0.459 e. The van der Waals surface area contributed by atoms with Crippen LogP contribution in [-0.2, 0) is 14.1 Å². The van der Waals surface area contributed by atoms with E-state index in [1.807, 2.05) is 6.92 Å². The number of carbonyl (C=O) groups excluding carboxylic acids is 1. The van der Waals surface area contributed by atoms with E-state index in [2.05, 4.69) is 33.8 Å². The molecule has 0 aliphatic heterocycles. The van der Waals surface area contributed by atoms with Gasteiger partial charge in [0.05, 0.1) is 0 Å². The fourth-order valence-corrected chi connectivity index (χ4v) is 7.46. The first-order valence-corrected chi connectivity index (χ1v) is 16.4.